The minimum Gasteiger partial charge on any atom is -0.472 e. The maximum Gasteiger partial charge on any atom is 0.259 e. The monoisotopic (exact) mass is 443 g/mol. The first-order chi connectivity index (χ1) is 15.3. The molecule has 0 unspecified atom stereocenters. The Morgan fingerprint density at radius 1 is 1.47 bits per heavy atom. The van der Waals surface area contributed by atoms with Crippen molar-refractivity contribution in [2.45, 2.75) is 45.3 Å². The summed E-state index contributed by atoms with van der Waals surface area (Å²) >= 11 is 0. The lowest BCUT2D eigenvalue weighted by atomic mass is 9.84. The standard InChI is InChI=1S/C24H33N3O5/c1-16-13-27(17(2)15-28)24(30)20-11-18(7-6-10-31-4)12-25-22(20)32-21(16)14-26(3)23(29)19-8-5-9-19/h11-12,16-17,19,21,28H,5,8-10,13-15H2,1-4H3/t16-,17-,21+/m0/s1. The van der Waals surface area contributed by atoms with E-state index < -0.39 is 0 Å². The van der Waals surface area contributed by atoms with Crippen LogP contribution in [-0.2, 0) is 9.53 Å². The molecule has 8 heteroatoms. The van der Waals surface area contributed by atoms with Crippen LogP contribution in [0.4, 0.5) is 0 Å². The molecule has 1 aliphatic carbocycles. The van der Waals surface area contributed by atoms with Gasteiger partial charge in [-0.3, -0.25) is 9.59 Å². The van der Waals surface area contributed by atoms with E-state index >= 15 is 0 Å². The smallest absolute Gasteiger partial charge is 0.259 e. The summed E-state index contributed by atoms with van der Waals surface area (Å²) in [6.07, 6.45) is 4.21. The lowest BCUT2D eigenvalue weighted by Gasteiger charge is -2.38. The van der Waals surface area contributed by atoms with E-state index in [2.05, 4.69) is 16.8 Å². The van der Waals surface area contributed by atoms with Crippen LogP contribution >= 0.6 is 0 Å². The normalized spacial score (nSPS) is 21.8. The zero-order chi connectivity index (χ0) is 23.3. The maximum absolute atomic E-state index is 13.3. The van der Waals surface area contributed by atoms with E-state index in [1.54, 1.807) is 36.2 Å². The number of pyridine rings is 1. The fourth-order valence-electron chi connectivity index (χ4n) is 3.93. The Bertz CT molecular complexity index is 889. The average Bonchev–Trinajstić information content (AvgIpc) is 2.74. The maximum atomic E-state index is 13.3. The number of amides is 2. The molecule has 2 aliphatic rings. The lowest BCUT2D eigenvalue weighted by molar-refractivity contribution is -0.138. The van der Waals surface area contributed by atoms with Crippen LogP contribution in [0, 0.1) is 23.7 Å². The van der Waals surface area contributed by atoms with E-state index in [0.29, 0.717) is 24.2 Å². The first-order valence-electron chi connectivity index (χ1n) is 11.2. The zero-order valence-electron chi connectivity index (χ0n) is 19.3. The average molecular weight is 444 g/mol. The van der Waals surface area contributed by atoms with Gasteiger partial charge in [0.15, 0.2) is 0 Å². The summed E-state index contributed by atoms with van der Waals surface area (Å²) in [5.41, 5.74) is 0.885. The molecular weight excluding hydrogens is 410 g/mol. The van der Waals surface area contributed by atoms with Gasteiger partial charge in [-0.05, 0) is 25.8 Å². The molecule has 3 rings (SSSR count). The minimum absolute atomic E-state index is 0.0688. The second kappa shape index (κ2) is 10.8. The molecule has 0 bridgehead atoms. The van der Waals surface area contributed by atoms with Crippen LogP contribution in [0.1, 0.15) is 49.0 Å². The van der Waals surface area contributed by atoms with Crippen molar-refractivity contribution in [1.29, 1.82) is 0 Å². The summed E-state index contributed by atoms with van der Waals surface area (Å²) in [5, 5.41) is 9.75. The number of methoxy groups -OCH3 is 1. The lowest BCUT2D eigenvalue weighted by Crippen LogP contribution is -2.51. The van der Waals surface area contributed by atoms with Crippen molar-refractivity contribution in [2.75, 3.05) is 40.5 Å². The van der Waals surface area contributed by atoms with E-state index in [4.69, 9.17) is 9.47 Å². The predicted molar refractivity (Wildman–Crippen MR) is 119 cm³/mol. The van der Waals surface area contributed by atoms with Crippen molar-refractivity contribution in [3.8, 4) is 17.7 Å². The molecule has 32 heavy (non-hydrogen) atoms. The molecule has 8 nitrogen and oxygen atoms in total. The Morgan fingerprint density at radius 2 is 2.22 bits per heavy atom. The summed E-state index contributed by atoms with van der Waals surface area (Å²) in [6, 6.07) is 1.30. The van der Waals surface area contributed by atoms with Gasteiger partial charge in [0.05, 0.1) is 19.2 Å². The molecule has 0 aromatic carbocycles. The molecule has 174 valence electrons. The molecule has 0 saturated heterocycles. The van der Waals surface area contributed by atoms with Crippen LogP contribution in [0.2, 0.25) is 0 Å². The van der Waals surface area contributed by atoms with Crippen molar-refractivity contribution in [2.24, 2.45) is 11.8 Å². The molecule has 2 heterocycles. The first-order valence-corrected chi connectivity index (χ1v) is 11.2. The third-order valence-electron chi connectivity index (χ3n) is 6.25. The van der Waals surface area contributed by atoms with Gasteiger partial charge >= 0.3 is 0 Å². The topological polar surface area (TPSA) is 92.2 Å². The molecule has 1 fully saturated rings. The van der Waals surface area contributed by atoms with Crippen LogP contribution < -0.4 is 4.74 Å². The molecule has 1 aromatic heterocycles. The second-order valence-corrected chi connectivity index (χ2v) is 8.78. The number of carbonyl (C=O) groups is 2. The fraction of sp³-hybridized carbons (Fsp3) is 0.625. The first kappa shape index (κ1) is 24.0. The molecule has 0 radical (unpaired) electrons. The van der Waals surface area contributed by atoms with Gasteiger partial charge < -0.3 is 24.4 Å². The Morgan fingerprint density at radius 3 is 2.84 bits per heavy atom. The summed E-state index contributed by atoms with van der Waals surface area (Å²) in [5.74, 6) is 5.95. The van der Waals surface area contributed by atoms with Crippen molar-refractivity contribution in [1.82, 2.24) is 14.8 Å². The van der Waals surface area contributed by atoms with E-state index in [0.717, 1.165) is 19.3 Å². The number of carbonyl (C=O) groups excluding carboxylic acids is 2. The van der Waals surface area contributed by atoms with E-state index in [-0.39, 0.29) is 54.9 Å². The highest BCUT2D eigenvalue weighted by molar-refractivity contribution is 5.97. The van der Waals surface area contributed by atoms with Crippen LogP contribution in [-0.4, -0.2) is 84.3 Å². The molecule has 0 spiro atoms. The van der Waals surface area contributed by atoms with Gasteiger partial charge in [-0.1, -0.05) is 25.2 Å². The van der Waals surface area contributed by atoms with Gasteiger partial charge in [-0.2, -0.15) is 0 Å². The number of aromatic nitrogens is 1. The SMILES string of the molecule is COCC#Cc1cnc2c(c1)C(=O)N([C@@H](C)CO)C[C@H](C)[C@@H](CN(C)C(=O)C1CCC1)O2. The molecule has 1 aliphatic heterocycles. The van der Waals surface area contributed by atoms with Crippen molar-refractivity contribution >= 4 is 11.8 Å². The largest absolute Gasteiger partial charge is 0.472 e. The molecule has 2 amide bonds. The van der Waals surface area contributed by atoms with Gasteiger partial charge in [0.1, 0.15) is 18.3 Å². The predicted octanol–water partition coefficient (Wildman–Crippen LogP) is 1.56. The highest BCUT2D eigenvalue weighted by Gasteiger charge is 2.36. The molecule has 1 saturated carbocycles. The Hall–Kier alpha value is -2.63. The summed E-state index contributed by atoms with van der Waals surface area (Å²) in [6.45, 7) is 4.73. The summed E-state index contributed by atoms with van der Waals surface area (Å²) in [7, 11) is 3.37. The number of rotatable bonds is 6. The minimum atomic E-state index is -0.367. The number of fused-ring (bicyclic) bond motifs is 1. The van der Waals surface area contributed by atoms with Gasteiger partial charge in [0, 0.05) is 44.3 Å². The van der Waals surface area contributed by atoms with Crippen LogP contribution in [0.3, 0.4) is 0 Å². The highest BCUT2D eigenvalue weighted by Crippen LogP contribution is 2.30. The van der Waals surface area contributed by atoms with E-state index in [1.165, 1.54) is 0 Å². The highest BCUT2D eigenvalue weighted by atomic mass is 16.5. The van der Waals surface area contributed by atoms with Crippen LogP contribution in [0.5, 0.6) is 5.88 Å². The van der Waals surface area contributed by atoms with Crippen molar-refractivity contribution in [3.05, 3.63) is 23.4 Å². The zero-order valence-corrected chi connectivity index (χ0v) is 19.3. The number of hydrogen-bond acceptors (Lipinski definition) is 6. The second-order valence-electron chi connectivity index (χ2n) is 8.78. The summed E-state index contributed by atoms with van der Waals surface area (Å²) in [4.78, 5) is 33.8. The number of ether oxygens (including phenoxy) is 2. The van der Waals surface area contributed by atoms with Crippen LogP contribution in [0.25, 0.3) is 0 Å². The molecular formula is C24H33N3O5. The third kappa shape index (κ3) is 5.40. The number of hydrogen-bond donors (Lipinski definition) is 1. The van der Waals surface area contributed by atoms with E-state index in [9.17, 15) is 14.7 Å². The molecule has 3 atom stereocenters. The van der Waals surface area contributed by atoms with Crippen molar-refractivity contribution in [3.63, 3.8) is 0 Å². The van der Waals surface area contributed by atoms with Gasteiger partial charge in [-0.25, -0.2) is 4.98 Å². The number of likely N-dealkylation sites (N-methyl/N-ethyl adjacent to an activating group) is 1. The fourth-order valence-corrected chi connectivity index (χ4v) is 3.93. The number of nitrogens with zero attached hydrogens (tertiary/aromatic N) is 3. The summed E-state index contributed by atoms with van der Waals surface area (Å²) < 4.78 is 11.2. The molecule has 1 aromatic rings. The van der Waals surface area contributed by atoms with E-state index in [1.807, 2.05) is 13.8 Å². The quantitative estimate of drug-likeness (QED) is 0.671. The van der Waals surface area contributed by atoms with Crippen molar-refractivity contribution < 1.29 is 24.2 Å². The van der Waals surface area contributed by atoms with Gasteiger partial charge in [0.2, 0.25) is 11.8 Å². The number of aliphatic hydroxyl groups excluding tert-OH is 1. The Labute approximate surface area is 189 Å². The van der Waals surface area contributed by atoms with Gasteiger partial charge in [-0.15, -0.1) is 0 Å². The van der Waals surface area contributed by atoms with Gasteiger partial charge in [0.25, 0.3) is 5.91 Å². The Balaban J connectivity index is 1.91. The third-order valence-corrected chi connectivity index (χ3v) is 6.25. The number of aliphatic hydroxyl groups is 1. The van der Waals surface area contributed by atoms with Crippen LogP contribution in [0.15, 0.2) is 12.3 Å². The molecule has 1 N–H and O–H groups in total. The Kier molecular flexibility index (Phi) is 8.10.